The maximum Gasteiger partial charge on any atom is 0.0766 e. The summed E-state index contributed by atoms with van der Waals surface area (Å²) in [7, 11) is 2.09. The average molecular weight is 354 g/mol. The summed E-state index contributed by atoms with van der Waals surface area (Å²) in [5.41, 5.74) is 2.55. The zero-order chi connectivity index (χ0) is 15.0. The predicted octanol–water partition coefficient (Wildman–Crippen LogP) is 3.70. The van der Waals surface area contributed by atoms with E-state index in [0.717, 1.165) is 37.1 Å². The number of hydrogen-bond donors (Lipinski definition) is 1. The highest BCUT2D eigenvalue weighted by Crippen LogP contribution is 2.50. The highest BCUT2D eigenvalue weighted by molar-refractivity contribution is 9.10. The van der Waals surface area contributed by atoms with Gasteiger partial charge in [-0.25, -0.2) is 0 Å². The van der Waals surface area contributed by atoms with Gasteiger partial charge in [0.15, 0.2) is 0 Å². The van der Waals surface area contributed by atoms with Crippen molar-refractivity contribution in [2.45, 2.75) is 58.4 Å². The summed E-state index contributed by atoms with van der Waals surface area (Å²) >= 11 is 3.78. The smallest absolute Gasteiger partial charge is 0.0766 e. The molecule has 2 fully saturated rings. The molecule has 4 unspecified atom stereocenters. The minimum absolute atomic E-state index is 0.613. The van der Waals surface area contributed by atoms with Crippen LogP contribution in [0.5, 0.6) is 0 Å². The van der Waals surface area contributed by atoms with E-state index in [4.69, 9.17) is 0 Å². The summed E-state index contributed by atoms with van der Waals surface area (Å²) in [5.74, 6) is 2.86. The molecule has 2 aliphatic carbocycles. The second kappa shape index (κ2) is 6.41. The molecule has 3 rings (SSSR count). The summed E-state index contributed by atoms with van der Waals surface area (Å²) in [6, 6.07) is 0.613. The van der Waals surface area contributed by atoms with Gasteiger partial charge in [0.2, 0.25) is 0 Å². The van der Waals surface area contributed by atoms with E-state index in [0.29, 0.717) is 6.04 Å². The van der Waals surface area contributed by atoms with Crippen LogP contribution in [0, 0.1) is 17.8 Å². The van der Waals surface area contributed by atoms with Crippen LogP contribution in [0.3, 0.4) is 0 Å². The molecule has 0 radical (unpaired) electrons. The normalized spacial score (nSPS) is 29.2. The van der Waals surface area contributed by atoms with Crippen molar-refractivity contribution < 1.29 is 0 Å². The fraction of sp³-hybridized carbons (Fsp3) is 0.824. The molecule has 1 aromatic rings. The van der Waals surface area contributed by atoms with Crippen molar-refractivity contribution in [3.05, 3.63) is 15.9 Å². The average Bonchev–Trinajstić information content (AvgIpc) is 3.16. The minimum Gasteiger partial charge on any atom is -0.314 e. The third-order valence-corrected chi connectivity index (χ3v) is 6.61. The third-order valence-electron chi connectivity index (χ3n) is 5.69. The highest BCUT2D eigenvalue weighted by Gasteiger charge is 2.43. The van der Waals surface area contributed by atoms with Crippen LogP contribution in [0.25, 0.3) is 0 Å². The number of nitrogens with one attached hydrogen (secondary N) is 1. The number of aromatic nitrogens is 2. The van der Waals surface area contributed by atoms with Crippen LogP contribution < -0.4 is 5.32 Å². The lowest BCUT2D eigenvalue weighted by molar-refractivity contribution is 0.246. The molecular formula is C17H28BrN3. The topological polar surface area (TPSA) is 29.9 Å². The first kappa shape index (κ1) is 15.5. The molecule has 1 aromatic heterocycles. The van der Waals surface area contributed by atoms with Crippen LogP contribution in [0.2, 0.25) is 0 Å². The van der Waals surface area contributed by atoms with Crippen LogP contribution in [0.4, 0.5) is 0 Å². The van der Waals surface area contributed by atoms with Gasteiger partial charge in [-0.3, -0.25) is 4.68 Å². The van der Waals surface area contributed by atoms with Gasteiger partial charge in [0, 0.05) is 19.5 Å². The molecule has 1 N–H and O–H groups in total. The van der Waals surface area contributed by atoms with E-state index in [1.165, 1.54) is 41.5 Å². The van der Waals surface area contributed by atoms with Crippen LogP contribution in [0.15, 0.2) is 4.47 Å². The van der Waals surface area contributed by atoms with Crippen LogP contribution in [-0.2, 0) is 19.9 Å². The molecule has 4 heteroatoms. The number of nitrogens with zero attached hydrogens (tertiary/aromatic N) is 2. The molecular weight excluding hydrogens is 326 g/mol. The van der Waals surface area contributed by atoms with Gasteiger partial charge in [0.1, 0.15) is 0 Å². The van der Waals surface area contributed by atoms with Gasteiger partial charge in [-0.2, -0.15) is 5.10 Å². The summed E-state index contributed by atoms with van der Waals surface area (Å²) < 4.78 is 3.32. The summed E-state index contributed by atoms with van der Waals surface area (Å²) in [6.07, 6.45) is 7.97. The monoisotopic (exact) mass is 353 g/mol. The number of likely N-dealkylation sites (N-methyl/N-ethyl adjacent to an activating group) is 1. The molecule has 0 aromatic carbocycles. The fourth-order valence-electron chi connectivity index (χ4n) is 4.67. The largest absolute Gasteiger partial charge is 0.314 e. The van der Waals surface area contributed by atoms with Gasteiger partial charge in [-0.05, 0) is 65.9 Å². The molecule has 0 spiro atoms. The molecule has 2 saturated carbocycles. The Balaban J connectivity index is 1.78. The fourth-order valence-corrected chi connectivity index (χ4v) is 5.45. The maximum atomic E-state index is 4.66. The van der Waals surface area contributed by atoms with Crippen molar-refractivity contribution in [2.24, 2.45) is 24.8 Å². The Morgan fingerprint density at radius 3 is 2.67 bits per heavy atom. The molecule has 0 saturated heterocycles. The van der Waals surface area contributed by atoms with Gasteiger partial charge in [-0.15, -0.1) is 0 Å². The lowest BCUT2D eigenvalue weighted by Crippen LogP contribution is -2.40. The van der Waals surface area contributed by atoms with Crippen molar-refractivity contribution in [3.63, 3.8) is 0 Å². The Kier molecular flexibility index (Phi) is 4.75. The Morgan fingerprint density at radius 1 is 1.33 bits per heavy atom. The van der Waals surface area contributed by atoms with Crippen LogP contribution in [-0.4, -0.2) is 22.4 Å². The maximum absolute atomic E-state index is 4.66. The summed E-state index contributed by atoms with van der Waals surface area (Å²) in [4.78, 5) is 0. The lowest BCUT2D eigenvalue weighted by Gasteiger charge is -2.31. The number of aryl methyl sites for hydroxylation is 2. The minimum atomic E-state index is 0.613. The first-order valence-electron chi connectivity index (χ1n) is 8.57. The number of hydrogen-bond acceptors (Lipinski definition) is 2. The zero-order valence-electron chi connectivity index (χ0n) is 13.5. The first-order valence-corrected chi connectivity index (χ1v) is 9.36. The Labute approximate surface area is 137 Å². The van der Waals surface area contributed by atoms with E-state index in [-0.39, 0.29) is 0 Å². The molecule has 3 nitrogen and oxygen atoms in total. The molecule has 2 bridgehead atoms. The molecule has 21 heavy (non-hydrogen) atoms. The van der Waals surface area contributed by atoms with Gasteiger partial charge in [-0.1, -0.05) is 20.3 Å². The molecule has 4 atom stereocenters. The molecule has 2 aliphatic rings. The third kappa shape index (κ3) is 2.94. The van der Waals surface area contributed by atoms with Crippen LogP contribution in [0.1, 0.15) is 50.9 Å². The number of fused-ring (bicyclic) bond motifs is 2. The summed E-state index contributed by atoms with van der Waals surface area (Å²) in [6.45, 7) is 5.47. The standard InChI is InChI=1S/C17H28BrN3/c1-4-14-17(18)16(21(3)20-14)10-15(19-5-2)13-9-11-6-7-12(13)8-11/h11-13,15,19H,4-10H2,1-3H3. The van der Waals surface area contributed by atoms with Crippen LogP contribution >= 0.6 is 15.9 Å². The molecule has 1 heterocycles. The Hall–Kier alpha value is -0.350. The van der Waals surface area contributed by atoms with Crippen molar-refractivity contribution >= 4 is 15.9 Å². The van der Waals surface area contributed by atoms with E-state index in [1.807, 2.05) is 0 Å². The van der Waals surface area contributed by atoms with E-state index in [1.54, 1.807) is 0 Å². The van der Waals surface area contributed by atoms with Gasteiger partial charge in [0.05, 0.1) is 15.9 Å². The van der Waals surface area contributed by atoms with Gasteiger partial charge < -0.3 is 5.32 Å². The summed E-state index contributed by atoms with van der Waals surface area (Å²) in [5, 5.41) is 8.44. The molecule has 0 aliphatic heterocycles. The van der Waals surface area contributed by atoms with Gasteiger partial charge >= 0.3 is 0 Å². The van der Waals surface area contributed by atoms with E-state index >= 15 is 0 Å². The number of halogens is 1. The lowest BCUT2D eigenvalue weighted by atomic mass is 9.81. The first-order chi connectivity index (χ1) is 10.1. The predicted molar refractivity (Wildman–Crippen MR) is 90.4 cm³/mol. The van der Waals surface area contributed by atoms with Crippen molar-refractivity contribution in [1.82, 2.24) is 15.1 Å². The van der Waals surface area contributed by atoms with E-state index in [9.17, 15) is 0 Å². The van der Waals surface area contributed by atoms with Crippen molar-refractivity contribution in [1.29, 1.82) is 0 Å². The van der Waals surface area contributed by atoms with Crippen molar-refractivity contribution in [2.75, 3.05) is 6.54 Å². The van der Waals surface area contributed by atoms with Gasteiger partial charge in [0.25, 0.3) is 0 Å². The van der Waals surface area contributed by atoms with E-state index in [2.05, 4.69) is 51.9 Å². The Morgan fingerprint density at radius 2 is 2.14 bits per heavy atom. The molecule has 118 valence electrons. The molecule has 0 amide bonds. The zero-order valence-corrected chi connectivity index (χ0v) is 15.1. The van der Waals surface area contributed by atoms with Crippen molar-refractivity contribution in [3.8, 4) is 0 Å². The second-order valence-electron chi connectivity index (χ2n) is 6.89. The number of rotatable bonds is 6. The van der Waals surface area contributed by atoms with E-state index < -0.39 is 0 Å². The second-order valence-corrected chi connectivity index (χ2v) is 7.68. The Bertz CT molecular complexity index is 496. The highest BCUT2D eigenvalue weighted by atomic mass is 79.9. The SMILES string of the molecule is CCNC(Cc1c(Br)c(CC)nn1C)C1CC2CCC1C2. The quantitative estimate of drug-likeness (QED) is 0.844.